The predicted molar refractivity (Wildman–Crippen MR) is 103 cm³/mol. The van der Waals surface area contributed by atoms with Crippen LogP contribution in [0.15, 0.2) is 48.7 Å². The maximum absolute atomic E-state index is 13.9. The van der Waals surface area contributed by atoms with E-state index in [1.165, 1.54) is 23.0 Å². The molecule has 8 heteroatoms. The molecule has 5 nitrogen and oxygen atoms in total. The molecular formula is C19H16Cl2FN3O2. The Kier molecular flexibility index (Phi) is 5.98. The van der Waals surface area contributed by atoms with Gasteiger partial charge in [0.2, 0.25) is 0 Å². The lowest BCUT2D eigenvalue weighted by Gasteiger charge is -2.08. The predicted octanol–water partition coefficient (Wildman–Crippen LogP) is 4.70. The minimum Gasteiger partial charge on any atom is -0.483 e. The van der Waals surface area contributed by atoms with E-state index in [4.69, 9.17) is 27.9 Å². The fraction of sp³-hybridized carbons (Fsp3) is 0.158. The monoisotopic (exact) mass is 407 g/mol. The van der Waals surface area contributed by atoms with E-state index in [2.05, 4.69) is 10.4 Å². The Morgan fingerprint density at radius 2 is 1.96 bits per heavy atom. The van der Waals surface area contributed by atoms with Crippen molar-refractivity contribution < 1.29 is 13.9 Å². The zero-order valence-electron chi connectivity index (χ0n) is 14.4. The summed E-state index contributed by atoms with van der Waals surface area (Å²) in [6, 6.07) is 11.8. The molecule has 0 spiro atoms. The molecule has 0 saturated heterocycles. The van der Waals surface area contributed by atoms with Crippen LogP contribution in [0.2, 0.25) is 10.0 Å². The number of para-hydroxylation sites is 1. The number of benzene rings is 2. The van der Waals surface area contributed by atoms with Crippen molar-refractivity contribution in [2.45, 2.75) is 13.5 Å². The Bertz CT molecular complexity index is 955. The van der Waals surface area contributed by atoms with Crippen LogP contribution in [0.3, 0.4) is 0 Å². The molecule has 0 saturated carbocycles. The van der Waals surface area contributed by atoms with Crippen molar-refractivity contribution in [1.82, 2.24) is 9.78 Å². The molecule has 0 aliphatic rings. The van der Waals surface area contributed by atoms with Gasteiger partial charge in [0, 0.05) is 16.8 Å². The molecule has 0 aliphatic carbocycles. The molecule has 0 bridgehead atoms. The number of hydrogen-bond donors (Lipinski definition) is 1. The van der Waals surface area contributed by atoms with Gasteiger partial charge in [-0.2, -0.15) is 5.10 Å². The van der Waals surface area contributed by atoms with Crippen molar-refractivity contribution in [3.8, 4) is 5.75 Å². The van der Waals surface area contributed by atoms with Crippen LogP contribution in [-0.2, 0) is 11.3 Å². The molecule has 0 unspecified atom stereocenters. The van der Waals surface area contributed by atoms with Gasteiger partial charge >= 0.3 is 0 Å². The molecule has 3 rings (SSSR count). The second-order valence-corrected chi connectivity index (χ2v) is 6.64. The number of nitrogens with zero attached hydrogens (tertiary/aromatic N) is 2. The molecular weight excluding hydrogens is 392 g/mol. The van der Waals surface area contributed by atoms with Gasteiger partial charge in [-0.25, -0.2) is 4.39 Å². The molecule has 0 aliphatic heterocycles. The first-order valence-corrected chi connectivity index (χ1v) is 8.83. The van der Waals surface area contributed by atoms with Gasteiger partial charge in [-0.3, -0.25) is 9.48 Å². The second kappa shape index (κ2) is 8.41. The minimum absolute atomic E-state index is 0.0841. The average Bonchev–Trinajstić information content (AvgIpc) is 2.97. The van der Waals surface area contributed by atoms with Gasteiger partial charge in [0.15, 0.2) is 12.4 Å². The average molecular weight is 408 g/mol. The van der Waals surface area contributed by atoms with E-state index in [-0.39, 0.29) is 24.0 Å². The van der Waals surface area contributed by atoms with Crippen molar-refractivity contribution >= 4 is 34.9 Å². The fourth-order valence-corrected chi connectivity index (χ4v) is 2.86. The summed E-state index contributed by atoms with van der Waals surface area (Å²) in [5, 5.41) is 7.27. The first-order valence-electron chi connectivity index (χ1n) is 8.08. The second-order valence-electron chi connectivity index (χ2n) is 5.83. The summed E-state index contributed by atoms with van der Waals surface area (Å²) in [5.41, 5.74) is 1.22. The molecule has 1 heterocycles. The summed E-state index contributed by atoms with van der Waals surface area (Å²) in [6.45, 7) is 1.79. The zero-order chi connectivity index (χ0) is 19.4. The topological polar surface area (TPSA) is 56.1 Å². The van der Waals surface area contributed by atoms with Gasteiger partial charge < -0.3 is 10.1 Å². The molecule has 2 aromatic carbocycles. The number of aryl methyl sites for hydroxylation is 1. The van der Waals surface area contributed by atoms with Gasteiger partial charge in [-0.05, 0) is 30.7 Å². The van der Waals surface area contributed by atoms with E-state index in [9.17, 15) is 9.18 Å². The van der Waals surface area contributed by atoms with E-state index in [0.29, 0.717) is 16.3 Å². The van der Waals surface area contributed by atoms with E-state index < -0.39 is 11.7 Å². The number of carbonyl (C=O) groups excluding carboxylic acids is 1. The van der Waals surface area contributed by atoms with Crippen LogP contribution in [-0.4, -0.2) is 22.3 Å². The number of hydrogen-bond acceptors (Lipinski definition) is 3. The standard InChI is InChI=1S/C19H16Cl2FN3O2/c1-12-5-2-3-8-17(12)27-11-18(26)23-19-15(21)10-25(24-19)9-13-14(20)6-4-7-16(13)22/h2-8,10H,9,11H2,1H3,(H,23,24,26). The van der Waals surface area contributed by atoms with Crippen LogP contribution in [0.5, 0.6) is 5.75 Å². The molecule has 1 amide bonds. The van der Waals surface area contributed by atoms with Crippen LogP contribution >= 0.6 is 23.2 Å². The van der Waals surface area contributed by atoms with Crippen molar-refractivity contribution in [3.63, 3.8) is 0 Å². The maximum Gasteiger partial charge on any atom is 0.263 e. The largest absolute Gasteiger partial charge is 0.483 e. The Morgan fingerprint density at radius 1 is 1.19 bits per heavy atom. The highest BCUT2D eigenvalue weighted by molar-refractivity contribution is 6.33. The molecule has 0 fully saturated rings. The van der Waals surface area contributed by atoms with Crippen LogP contribution in [0.25, 0.3) is 0 Å². The Hall–Kier alpha value is -2.57. The van der Waals surface area contributed by atoms with E-state index in [1.54, 1.807) is 12.1 Å². The van der Waals surface area contributed by atoms with Crippen molar-refractivity contribution in [3.05, 3.63) is 75.7 Å². The molecule has 1 aromatic heterocycles. The normalized spacial score (nSPS) is 10.7. The first kappa shape index (κ1) is 19.2. The first-order chi connectivity index (χ1) is 12.9. The lowest BCUT2D eigenvalue weighted by molar-refractivity contribution is -0.118. The summed E-state index contributed by atoms with van der Waals surface area (Å²) in [6.07, 6.45) is 1.49. The van der Waals surface area contributed by atoms with E-state index in [1.807, 2.05) is 25.1 Å². The zero-order valence-corrected chi connectivity index (χ0v) is 15.9. The molecule has 3 aromatic rings. The van der Waals surface area contributed by atoms with Gasteiger partial charge in [-0.1, -0.05) is 47.5 Å². The number of halogens is 3. The van der Waals surface area contributed by atoms with Crippen LogP contribution < -0.4 is 10.1 Å². The number of rotatable bonds is 6. The third kappa shape index (κ3) is 4.78. The van der Waals surface area contributed by atoms with Crippen LogP contribution in [0.1, 0.15) is 11.1 Å². The Balaban J connectivity index is 1.64. The van der Waals surface area contributed by atoms with Gasteiger partial charge in [0.25, 0.3) is 5.91 Å². The van der Waals surface area contributed by atoms with E-state index >= 15 is 0 Å². The van der Waals surface area contributed by atoms with Crippen LogP contribution in [0, 0.1) is 12.7 Å². The fourth-order valence-electron chi connectivity index (χ4n) is 2.44. The number of carbonyl (C=O) groups is 1. The molecule has 0 atom stereocenters. The highest BCUT2D eigenvalue weighted by Crippen LogP contribution is 2.24. The van der Waals surface area contributed by atoms with Gasteiger partial charge in [0.05, 0.1) is 6.54 Å². The molecule has 27 heavy (non-hydrogen) atoms. The minimum atomic E-state index is -0.439. The smallest absolute Gasteiger partial charge is 0.263 e. The lowest BCUT2D eigenvalue weighted by Crippen LogP contribution is -2.21. The molecule has 0 radical (unpaired) electrons. The van der Waals surface area contributed by atoms with E-state index in [0.717, 1.165) is 5.56 Å². The summed E-state index contributed by atoms with van der Waals surface area (Å²) < 4.78 is 20.8. The quantitative estimate of drug-likeness (QED) is 0.643. The summed E-state index contributed by atoms with van der Waals surface area (Å²) >= 11 is 12.1. The molecule has 1 N–H and O–H groups in total. The van der Waals surface area contributed by atoms with Crippen molar-refractivity contribution in [2.24, 2.45) is 0 Å². The van der Waals surface area contributed by atoms with Crippen LogP contribution in [0.4, 0.5) is 10.2 Å². The lowest BCUT2D eigenvalue weighted by atomic mass is 10.2. The number of amides is 1. The third-order valence-electron chi connectivity index (χ3n) is 3.81. The third-order valence-corrected chi connectivity index (χ3v) is 4.44. The number of anilines is 1. The number of nitrogens with one attached hydrogen (secondary N) is 1. The Labute approximate surface area is 165 Å². The SMILES string of the molecule is Cc1ccccc1OCC(=O)Nc1nn(Cc2c(F)cccc2Cl)cc1Cl. The maximum atomic E-state index is 13.9. The summed E-state index contributed by atoms with van der Waals surface area (Å²) in [5.74, 6) is -0.0540. The number of ether oxygens (including phenoxy) is 1. The summed E-state index contributed by atoms with van der Waals surface area (Å²) in [7, 11) is 0. The van der Waals surface area contributed by atoms with Crippen molar-refractivity contribution in [1.29, 1.82) is 0 Å². The highest BCUT2D eigenvalue weighted by Gasteiger charge is 2.14. The Morgan fingerprint density at radius 3 is 2.70 bits per heavy atom. The van der Waals surface area contributed by atoms with Gasteiger partial charge in [-0.15, -0.1) is 0 Å². The van der Waals surface area contributed by atoms with Gasteiger partial charge in [0.1, 0.15) is 16.6 Å². The van der Waals surface area contributed by atoms with Crippen molar-refractivity contribution in [2.75, 3.05) is 11.9 Å². The number of aromatic nitrogens is 2. The summed E-state index contributed by atoms with van der Waals surface area (Å²) in [4.78, 5) is 12.1. The molecule has 140 valence electrons. The highest BCUT2D eigenvalue weighted by atomic mass is 35.5.